The lowest BCUT2D eigenvalue weighted by atomic mass is 10.1. The number of hydrogen-bond acceptors (Lipinski definition) is 3. The van der Waals surface area contributed by atoms with Crippen LogP contribution in [0.2, 0.25) is 0 Å². The summed E-state index contributed by atoms with van der Waals surface area (Å²) in [6.45, 7) is 9.19. The maximum Gasteiger partial charge on any atom is 0.154 e. The highest BCUT2D eigenvalue weighted by molar-refractivity contribution is 9.10. The van der Waals surface area contributed by atoms with Crippen molar-refractivity contribution in [3.63, 3.8) is 0 Å². The molecule has 2 rings (SSSR count). The summed E-state index contributed by atoms with van der Waals surface area (Å²) in [6, 6.07) is 4.25. The highest BCUT2D eigenvalue weighted by Gasteiger charge is 2.13. The van der Waals surface area contributed by atoms with E-state index in [4.69, 9.17) is 4.98 Å². The van der Waals surface area contributed by atoms with Gasteiger partial charge in [-0.25, -0.2) is 9.67 Å². The summed E-state index contributed by atoms with van der Waals surface area (Å²) in [5.41, 5.74) is 4.38. The first-order chi connectivity index (χ1) is 9.43. The predicted octanol–water partition coefficient (Wildman–Crippen LogP) is 3.49. The number of nitrogens with one attached hydrogen (secondary N) is 1. The van der Waals surface area contributed by atoms with E-state index >= 15 is 0 Å². The fraction of sp³-hybridized carbons (Fsp3) is 0.467. The molecular weight excluding hydrogens is 316 g/mol. The Hall–Kier alpha value is -1.20. The minimum absolute atomic E-state index is 0.394. The van der Waals surface area contributed by atoms with Gasteiger partial charge in [0.2, 0.25) is 0 Å². The summed E-state index contributed by atoms with van der Waals surface area (Å²) in [5, 5.41) is 7.76. The fourth-order valence-electron chi connectivity index (χ4n) is 2.15. The molecule has 108 valence electrons. The number of aromatic nitrogens is 3. The first kappa shape index (κ1) is 15.2. The van der Waals surface area contributed by atoms with Gasteiger partial charge in [0, 0.05) is 12.2 Å². The molecule has 0 radical (unpaired) electrons. The van der Waals surface area contributed by atoms with Crippen LogP contribution >= 0.6 is 15.9 Å². The zero-order valence-corrected chi connectivity index (χ0v) is 14.2. The van der Waals surface area contributed by atoms with Crippen LogP contribution in [0.4, 0.5) is 0 Å². The second-order valence-electron chi connectivity index (χ2n) is 5.34. The van der Waals surface area contributed by atoms with E-state index in [1.54, 1.807) is 0 Å². The van der Waals surface area contributed by atoms with Gasteiger partial charge in [0.05, 0.1) is 15.9 Å². The van der Waals surface area contributed by atoms with Crippen molar-refractivity contribution in [3.8, 4) is 5.82 Å². The Labute approximate surface area is 128 Å². The Morgan fingerprint density at radius 3 is 2.50 bits per heavy atom. The van der Waals surface area contributed by atoms with Gasteiger partial charge in [-0.15, -0.1) is 0 Å². The van der Waals surface area contributed by atoms with Crippen LogP contribution in [-0.4, -0.2) is 21.8 Å². The normalized spacial score (nSPS) is 11.3. The van der Waals surface area contributed by atoms with Crippen molar-refractivity contribution >= 4 is 15.9 Å². The molecule has 5 heteroatoms. The molecule has 0 bridgehead atoms. The second kappa shape index (κ2) is 6.06. The van der Waals surface area contributed by atoms with Gasteiger partial charge in [0.1, 0.15) is 0 Å². The molecule has 0 saturated carbocycles. The van der Waals surface area contributed by atoms with E-state index in [0.29, 0.717) is 5.92 Å². The molecule has 2 heterocycles. The zero-order valence-electron chi connectivity index (χ0n) is 12.7. The van der Waals surface area contributed by atoms with Gasteiger partial charge in [0.25, 0.3) is 0 Å². The molecule has 0 unspecified atom stereocenters. The zero-order chi connectivity index (χ0) is 14.9. The largest absolute Gasteiger partial charge is 0.316 e. The quantitative estimate of drug-likeness (QED) is 0.929. The van der Waals surface area contributed by atoms with Gasteiger partial charge in [-0.1, -0.05) is 13.8 Å². The Bertz CT molecular complexity index is 617. The van der Waals surface area contributed by atoms with Crippen molar-refractivity contribution in [1.29, 1.82) is 0 Å². The van der Waals surface area contributed by atoms with Gasteiger partial charge >= 0.3 is 0 Å². The van der Waals surface area contributed by atoms with Gasteiger partial charge in [0.15, 0.2) is 5.82 Å². The highest BCUT2D eigenvalue weighted by Crippen LogP contribution is 2.24. The van der Waals surface area contributed by atoms with Crippen molar-refractivity contribution in [3.05, 3.63) is 39.3 Å². The molecule has 0 aliphatic rings. The first-order valence-corrected chi connectivity index (χ1v) is 7.61. The minimum Gasteiger partial charge on any atom is -0.316 e. The molecule has 0 saturated heterocycles. The molecule has 20 heavy (non-hydrogen) atoms. The van der Waals surface area contributed by atoms with E-state index in [-0.39, 0.29) is 0 Å². The lowest BCUT2D eigenvalue weighted by Crippen LogP contribution is -2.10. The maximum absolute atomic E-state index is 4.75. The summed E-state index contributed by atoms with van der Waals surface area (Å²) in [6.07, 6.45) is 0. The number of rotatable bonds is 4. The van der Waals surface area contributed by atoms with Crippen LogP contribution in [0.3, 0.4) is 0 Å². The number of pyridine rings is 1. The molecule has 1 N–H and O–H groups in total. The van der Waals surface area contributed by atoms with Crippen molar-refractivity contribution < 1.29 is 0 Å². The highest BCUT2D eigenvalue weighted by atomic mass is 79.9. The molecule has 2 aromatic heterocycles. The third-order valence-corrected chi connectivity index (χ3v) is 4.43. The molecular formula is C15H21BrN4. The molecule has 0 aliphatic heterocycles. The van der Waals surface area contributed by atoms with Crippen LogP contribution in [0, 0.1) is 13.8 Å². The molecule has 0 spiro atoms. The van der Waals surface area contributed by atoms with Crippen molar-refractivity contribution in [2.24, 2.45) is 0 Å². The first-order valence-electron chi connectivity index (χ1n) is 6.81. The smallest absolute Gasteiger partial charge is 0.154 e. The minimum atomic E-state index is 0.394. The molecule has 4 nitrogen and oxygen atoms in total. The maximum atomic E-state index is 4.75. The molecule has 0 aliphatic carbocycles. The number of aryl methyl sites for hydroxylation is 1. The number of hydrogen-bond donors (Lipinski definition) is 1. The van der Waals surface area contributed by atoms with E-state index in [0.717, 1.165) is 33.9 Å². The van der Waals surface area contributed by atoms with Gasteiger partial charge in [-0.05, 0) is 60.4 Å². The third kappa shape index (κ3) is 2.94. The van der Waals surface area contributed by atoms with Gasteiger partial charge in [-0.2, -0.15) is 5.10 Å². The summed E-state index contributed by atoms with van der Waals surface area (Å²) in [7, 11) is 1.95. The van der Waals surface area contributed by atoms with Gasteiger partial charge in [-0.3, -0.25) is 0 Å². The molecule has 2 aromatic rings. The standard InChI is InChI=1S/C15H21BrN4/c1-9(2)13-6-12(8-17-5)7-14(18-13)20-11(4)15(16)10(3)19-20/h6-7,9,17H,8H2,1-5H3. The predicted molar refractivity (Wildman–Crippen MR) is 85.4 cm³/mol. The topological polar surface area (TPSA) is 42.7 Å². The summed E-state index contributed by atoms with van der Waals surface area (Å²) >= 11 is 3.57. The van der Waals surface area contributed by atoms with E-state index in [9.17, 15) is 0 Å². The van der Waals surface area contributed by atoms with E-state index < -0.39 is 0 Å². The Balaban J connectivity index is 2.57. The van der Waals surface area contributed by atoms with Crippen LogP contribution in [-0.2, 0) is 6.54 Å². The fourth-order valence-corrected chi connectivity index (χ4v) is 2.40. The lowest BCUT2D eigenvalue weighted by Gasteiger charge is -2.12. The average molecular weight is 337 g/mol. The molecule has 0 aromatic carbocycles. The van der Waals surface area contributed by atoms with Crippen LogP contribution in [0.15, 0.2) is 16.6 Å². The van der Waals surface area contributed by atoms with E-state index in [1.807, 2.05) is 25.6 Å². The summed E-state index contributed by atoms with van der Waals surface area (Å²) in [4.78, 5) is 4.75. The van der Waals surface area contributed by atoms with Crippen molar-refractivity contribution in [2.75, 3.05) is 7.05 Å². The monoisotopic (exact) mass is 336 g/mol. The Kier molecular flexibility index (Phi) is 4.60. The van der Waals surface area contributed by atoms with Crippen LogP contribution in [0.25, 0.3) is 5.82 Å². The van der Waals surface area contributed by atoms with E-state index in [2.05, 4.69) is 52.3 Å². The van der Waals surface area contributed by atoms with E-state index in [1.165, 1.54) is 5.56 Å². The van der Waals surface area contributed by atoms with Crippen LogP contribution < -0.4 is 5.32 Å². The number of nitrogens with zero attached hydrogens (tertiary/aromatic N) is 3. The number of halogens is 1. The van der Waals surface area contributed by atoms with Crippen molar-refractivity contribution in [1.82, 2.24) is 20.1 Å². The Morgan fingerprint density at radius 1 is 1.30 bits per heavy atom. The lowest BCUT2D eigenvalue weighted by molar-refractivity contribution is 0.749. The molecule has 0 atom stereocenters. The average Bonchev–Trinajstić information content (AvgIpc) is 2.66. The summed E-state index contributed by atoms with van der Waals surface area (Å²) in [5.74, 6) is 1.28. The Morgan fingerprint density at radius 2 is 2.00 bits per heavy atom. The summed E-state index contributed by atoms with van der Waals surface area (Å²) < 4.78 is 2.95. The molecule has 0 amide bonds. The second-order valence-corrected chi connectivity index (χ2v) is 6.13. The van der Waals surface area contributed by atoms with Crippen LogP contribution in [0.1, 0.15) is 42.4 Å². The van der Waals surface area contributed by atoms with Crippen molar-refractivity contribution in [2.45, 2.75) is 40.2 Å². The SMILES string of the molecule is CNCc1cc(C(C)C)nc(-n2nc(C)c(Br)c2C)c1. The third-order valence-electron chi connectivity index (χ3n) is 3.28. The van der Waals surface area contributed by atoms with Gasteiger partial charge < -0.3 is 5.32 Å². The van der Waals surface area contributed by atoms with Crippen LogP contribution in [0.5, 0.6) is 0 Å². The molecule has 0 fully saturated rings.